The van der Waals surface area contributed by atoms with Crippen molar-refractivity contribution < 1.29 is 14.6 Å². The van der Waals surface area contributed by atoms with E-state index in [9.17, 15) is 10.1 Å². The standard InChI is InChI=1S/C19H27N7O3/c1-13-4-5-15(12-14(13)2)22-18-16(26(27)28)17(20)23-19(24-18)21-6-3-7-25-8-10-29-11-9-25/h4-5,12H,3,6-11H2,1-2H3,(H4,20,21,22,23,24)/p+1. The molecule has 1 fully saturated rings. The van der Waals surface area contributed by atoms with Gasteiger partial charge in [0.25, 0.3) is 0 Å². The Balaban J connectivity index is 1.69. The number of nitrogens with zero attached hydrogens (tertiary/aromatic N) is 3. The van der Waals surface area contributed by atoms with E-state index in [2.05, 4.69) is 20.6 Å². The van der Waals surface area contributed by atoms with Crippen molar-refractivity contribution in [2.75, 3.05) is 55.8 Å². The summed E-state index contributed by atoms with van der Waals surface area (Å²) in [5, 5.41) is 17.6. The molecule has 1 aromatic carbocycles. The Bertz CT molecular complexity index is 869. The number of ether oxygens (including phenoxy) is 1. The van der Waals surface area contributed by atoms with E-state index in [1.165, 1.54) is 4.90 Å². The molecule has 29 heavy (non-hydrogen) atoms. The second-order valence-corrected chi connectivity index (χ2v) is 7.20. The van der Waals surface area contributed by atoms with Crippen LogP contribution in [0.1, 0.15) is 17.5 Å². The summed E-state index contributed by atoms with van der Waals surface area (Å²) in [6, 6.07) is 5.71. The van der Waals surface area contributed by atoms with E-state index in [4.69, 9.17) is 10.5 Å². The van der Waals surface area contributed by atoms with Gasteiger partial charge in [0, 0.05) is 18.7 Å². The number of nitrogens with two attached hydrogens (primary N) is 1. The third kappa shape index (κ3) is 5.52. The quantitative estimate of drug-likeness (QED) is 0.293. The van der Waals surface area contributed by atoms with Crippen molar-refractivity contribution in [3.8, 4) is 0 Å². The van der Waals surface area contributed by atoms with Gasteiger partial charge < -0.3 is 26.0 Å². The molecule has 2 aromatic rings. The van der Waals surface area contributed by atoms with Crippen molar-refractivity contribution in [1.82, 2.24) is 9.97 Å². The maximum atomic E-state index is 11.5. The monoisotopic (exact) mass is 402 g/mol. The molecule has 5 N–H and O–H groups in total. The van der Waals surface area contributed by atoms with E-state index in [1.807, 2.05) is 32.0 Å². The molecule has 10 heteroatoms. The molecule has 0 unspecified atom stereocenters. The molecule has 0 spiro atoms. The lowest BCUT2D eigenvalue weighted by Crippen LogP contribution is -3.14. The summed E-state index contributed by atoms with van der Waals surface area (Å²) in [5.41, 5.74) is 8.45. The number of nitrogens with one attached hydrogen (secondary N) is 3. The first-order valence-electron chi connectivity index (χ1n) is 9.75. The summed E-state index contributed by atoms with van der Waals surface area (Å²) < 4.78 is 5.36. The maximum Gasteiger partial charge on any atom is 0.353 e. The first-order chi connectivity index (χ1) is 13.9. The molecular formula is C19H28N7O3+. The molecule has 1 saturated heterocycles. The Hall–Kier alpha value is -2.98. The van der Waals surface area contributed by atoms with Crippen molar-refractivity contribution >= 4 is 29.0 Å². The number of hydrogen-bond acceptors (Lipinski definition) is 8. The molecule has 0 amide bonds. The number of nitro groups is 1. The molecule has 0 atom stereocenters. The molecule has 1 aromatic heterocycles. The van der Waals surface area contributed by atoms with Gasteiger partial charge in [-0.3, -0.25) is 10.1 Å². The van der Waals surface area contributed by atoms with Crippen LogP contribution in [0.15, 0.2) is 18.2 Å². The molecule has 0 radical (unpaired) electrons. The smallest absolute Gasteiger partial charge is 0.353 e. The van der Waals surface area contributed by atoms with Crippen molar-refractivity contribution in [2.24, 2.45) is 0 Å². The summed E-state index contributed by atoms with van der Waals surface area (Å²) in [6.45, 7) is 9.31. The van der Waals surface area contributed by atoms with E-state index in [-0.39, 0.29) is 23.3 Å². The minimum atomic E-state index is -0.565. The summed E-state index contributed by atoms with van der Waals surface area (Å²) in [5.74, 6) is 0.182. The number of nitrogen functional groups attached to an aromatic ring is 1. The number of aryl methyl sites for hydroxylation is 2. The van der Waals surface area contributed by atoms with Gasteiger partial charge in [0.15, 0.2) is 0 Å². The van der Waals surface area contributed by atoms with Crippen LogP contribution in [0.25, 0.3) is 0 Å². The SMILES string of the molecule is Cc1ccc(Nc2nc(NCCC[NH+]3CCOCC3)nc(N)c2[N+](=O)[O-])cc1C. The van der Waals surface area contributed by atoms with Crippen LogP contribution in [0, 0.1) is 24.0 Å². The lowest BCUT2D eigenvalue weighted by atomic mass is 10.1. The lowest BCUT2D eigenvalue weighted by molar-refractivity contribution is -0.908. The molecule has 1 aliphatic heterocycles. The topological polar surface area (TPSA) is 133 Å². The zero-order valence-electron chi connectivity index (χ0n) is 16.8. The highest BCUT2D eigenvalue weighted by atomic mass is 16.6. The van der Waals surface area contributed by atoms with Crippen molar-refractivity contribution in [1.29, 1.82) is 0 Å². The Morgan fingerprint density at radius 2 is 2.00 bits per heavy atom. The van der Waals surface area contributed by atoms with Gasteiger partial charge >= 0.3 is 5.69 Å². The first kappa shape index (κ1) is 20.7. The highest BCUT2D eigenvalue weighted by Gasteiger charge is 2.23. The molecule has 0 saturated carbocycles. The van der Waals surface area contributed by atoms with Gasteiger partial charge in [0.05, 0.1) is 24.7 Å². The van der Waals surface area contributed by atoms with Crippen LogP contribution in [0.3, 0.4) is 0 Å². The minimum Gasteiger partial charge on any atom is -0.378 e. The number of rotatable bonds is 8. The van der Waals surface area contributed by atoms with E-state index < -0.39 is 4.92 Å². The number of benzene rings is 1. The van der Waals surface area contributed by atoms with Gasteiger partial charge in [-0.1, -0.05) is 6.07 Å². The van der Waals surface area contributed by atoms with Gasteiger partial charge in [0.2, 0.25) is 17.6 Å². The lowest BCUT2D eigenvalue weighted by Gasteiger charge is -2.23. The van der Waals surface area contributed by atoms with Gasteiger partial charge in [-0.25, -0.2) is 0 Å². The van der Waals surface area contributed by atoms with Crippen LogP contribution < -0.4 is 21.3 Å². The van der Waals surface area contributed by atoms with E-state index in [1.54, 1.807) is 0 Å². The van der Waals surface area contributed by atoms with Gasteiger partial charge in [-0.2, -0.15) is 9.97 Å². The number of hydrogen-bond donors (Lipinski definition) is 4. The summed E-state index contributed by atoms with van der Waals surface area (Å²) in [6.07, 6.45) is 0.926. The van der Waals surface area contributed by atoms with Crippen molar-refractivity contribution in [3.63, 3.8) is 0 Å². The molecular weight excluding hydrogens is 374 g/mol. The molecule has 0 bridgehead atoms. The second-order valence-electron chi connectivity index (χ2n) is 7.20. The Labute approximate surface area is 169 Å². The van der Waals surface area contributed by atoms with Crippen molar-refractivity contribution in [3.05, 3.63) is 39.4 Å². The van der Waals surface area contributed by atoms with Crippen LogP contribution in [0.2, 0.25) is 0 Å². The summed E-state index contributed by atoms with van der Waals surface area (Å²) in [4.78, 5) is 20.8. The summed E-state index contributed by atoms with van der Waals surface area (Å²) >= 11 is 0. The Morgan fingerprint density at radius 3 is 2.69 bits per heavy atom. The molecule has 10 nitrogen and oxygen atoms in total. The third-order valence-electron chi connectivity index (χ3n) is 5.05. The minimum absolute atomic E-state index is 0.0760. The molecule has 156 valence electrons. The fourth-order valence-electron chi connectivity index (χ4n) is 3.22. The Kier molecular flexibility index (Phi) is 6.78. The van der Waals surface area contributed by atoms with Gasteiger partial charge in [-0.15, -0.1) is 0 Å². The van der Waals surface area contributed by atoms with Crippen LogP contribution in [0.5, 0.6) is 0 Å². The number of anilines is 4. The zero-order chi connectivity index (χ0) is 20.8. The molecule has 3 rings (SSSR count). The number of quaternary nitrogens is 1. The average molecular weight is 402 g/mol. The van der Waals surface area contributed by atoms with Crippen LogP contribution >= 0.6 is 0 Å². The zero-order valence-corrected chi connectivity index (χ0v) is 16.8. The predicted octanol–water partition coefficient (Wildman–Crippen LogP) is 1.04. The maximum absolute atomic E-state index is 11.5. The fraction of sp³-hybridized carbons (Fsp3) is 0.474. The van der Waals surface area contributed by atoms with Crippen LogP contribution in [0.4, 0.5) is 29.0 Å². The predicted molar refractivity (Wildman–Crippen MR) is 112 cm³/mol. The normalized spacial score (nSPS) is 14.6. The third-order valence-corrected chi connectivity index (χ3v) is 5.05. The highest BCUT2D eigenvalue weighted by Crippen LogP contribution is 2.31. The van der Waals surface area contributed by atoms with Crippen LogP contribution in [-0.2, 0) is 4.74 Å². The fourth-order valence-corrected chi connectivity index (χ4v) is 3.22. The molecule has 1 aliphatic rings. The van der Waals surface area contributed by atoms with Crippen molar-refractivity contribution in [2.45, 2.75) is 20.3 Å². The Morgan fingerprint density at radius 1 is 1.24 bits per heavy atom. The highest BCUT2D eigenvalue weighted by molar-refractivity contribution is 5.74. The van der Waals surface area contributed by atoms with E-state index in [0.29, 0.717) is 12.2 Å². The number of morpholine rings is 1. The van der Waals surface area contributed by atoms with Gasteiger partial charge in [-0.05, 0) is 37.1 Å². The summed E-state index contributed by atoms with van der Waals surface area (Å²) in [7, 11) is 0. The molecule has 0 aliphatic carbocycles. The second kappa shape index (κ2) is 9.48. The van der Waals surface area contributed by atoms with Gasteiger partial charge in [0.1, 0.15) is 13.1 Å². The molecule has 2 heterocycles. The van der Waals surface area contributed by atoms with E-state index in [0.717, 1.165) is 50.4 Å². The van der Waals surface area contributed by atoms with Crippen LogP contribution in [-0.4, -0.2) is 54.3 Å². The van der Waals surface area contributed by atoms with E-state index >= 15 is 0 Å². The largest absolute Gasteiger partial charge is 0.378 e. The average Bonchev–Trinajstić information content (AvgIpc) is 2.68. The number of aromatic nitrogens is 2. The first-order valence-corrected chi connectivity index (χ1v) is 9.75.